The SMILES string of the molecule is CS(=O)(=O)N(CC(=O)O)c1ccc(-c2cccc(OC(F)(F)F)c2)c(Cl)c1. The van der Waals surface area contributed by atoms with Gasteiger partial charge in [-0.2, -0.15) is 0 Å². The van der Waals surface area contributed by atoms with Gasteiger partial charge in [0.1, 0.15) is 12.3 Å². The molecular weight excluding hydrogens is 411 g/mol. The fraction of sp³-hybridized carbons (Fsp3) is 0.188. The Bertz CT molecular complexity index is 963. The molecule has 0 aromatic heterocycles. The Kier molecular flexibility index (Phi) is 5.91. The summed E-state index contributed by atoms with van der Waals surface area (Å²) in [6.45, 7) is -0.802. The molecule has 0 aliphatic rings. The molecule has 0 saturated heterocycles. The minimum absolute atomic E-state index is 0.0105. The molecule has 0 aliphatic heterocycles. The van der Waals surface area contributed by atoms with Gasteiger partial charge in [0.05, 0.1) is 17.0 Å². The molecule has 0 atom stereocenters. The van der Waals surface area contributed by atoms with E-state index < -0.39 is 34.6 Å². The van der Waals surface area contributed by atoms with Crippen LogP contribution in [0.4, 0.5) is 18.9 Å². The molecule has 2 aromatic carbocycles. The average Bonchev–Trinajstić information content (AvgIpc) is 2.50. The lowest BCUT2D eigenvalue weighted by molar-refractivity contribution is -0.274. The number of benzene rings is 2. The summed E-state index contributed by atoms with van der Waals surface area (Å²) in [5, 5.41) is 8.91. The van der Waals surface area contributed by atoms with Gasteiger partial charge in [0.15, 0.2) is 0 Å². The van der Waals surface area contributed by atoms with Crippen LogP contribution in [0.25, 0.3) is 11.1 Å². The van der Waals surface area contributed by atoms with Gasteiger partial charge in [0.25, 0.3) is 0 Å². The molecule has 0 unspecified atom stereocenters. The maximum Gasteiger partial charge on any atom is 0.573 e. The molecule has 0 fully saturated rings. The first-order chi connectivity index (χ1) is 12.4. The van der Waals surface area contributed by atoms with Crippen molar-refractivity contribution in [2.75, 3.05) is 17.1 Å². The second kappa shape index (κ2) is 7.65. The third kappa shape index (κ3) is 5.76. The normalized spacial score (nSPS) is 11.9. The van der Waals surface area contributed by atoms with E-state index in [1.54, 1.807) is 0 Å². The number of hydrogen-bond donors (Lipinski definition) is 1. The Labute approximate surface area is 157 Å². The number of carbonyl (C=O) groups is 1. The molecule has 0 heterocycles. The molecular formula is C16H13ClF3NO5S. The van der Waals surface area contributed by atoms with Crippen LogP contribution in [0.15, 0.2) is 42.5 Å². The summed E-state index contributed by atoms with van der Waals surface area (Å²) in [6, 6.07) is 8.99. The molecule has 0 bridgehead atoms. The summed E-state index contributed by atoms with van der Waals surface area (Å²) in [5.74, 6) is -1.80. The molecule has 1 N–H and O–H groups in total. The maximum absolute atomic E-state index is 12.4. The van der Waals surface area contributed by atoms with Gasteiger partial charge in [0, 0.05) is 5.56 Å². The first-order valence-electron chi connectivity index (χ1n) is 7.22. The van der Waals surface area contributed by atoms with Crippen LogP contribution in [-0.4, -0.2) is 38.7 Å². The number of ether oxygens (including phenoxy) is 1. The largest absolute Gasteiger partial charge is 0.573 e. The van der Waals surface area contributed by atoms with E-state index >= 15 is 0 Å². The quantitative estimate of drug-likeness (QED) is 0.764. The number of sulfonamides is 1. The number of halogens is 4. The second-order valence-corrected chi connectivity index (χ2v) is 7.72. The van der Waals surface area contributed by atoms with Crippen molar-refractivity contribution in [3.63, 3.8) is 0 Å². The number of carboxylic acids is 1. The van der Waals surface area contributed by atoms with E-state index in [0.717, 1.165) is 18.4 Å². The van der Waals surface area contributed by atoms with Crippen molar-refractivity contribution in [1.29, 1.82) is 0 Å². The predicted molar refractivity (Wildman–Crippen MR) is 93.4 cm³/mol. The molecule has 27 heavy (non-hydrogen) atoms. The van der Waals surface area contributed by atoms with Gasteiger partial charge in [-0.3, -0.25) is 9.10 Å². The highest BCUT2D eigenvalue weighted by Gasteiger charge is 2.31. The van der Waals surface area contributed by atoms with Crippen molar-refractivity contribution in [2.24, 2.45) is 0 Å². The Morgan fingerprint density at radius 1 is 1.22 bits per heavy atom. The van der Waals surface area contributed by atoms with Gasteiger partial charge in [-0.15, -0.1) is 13.2 Å². The number of alkyl halides is 3. The molecule has 2 rings (SSSR count). The summed E-state index contributed by atoms with van der Waals surface area (Å²) < 4.78 is 65.2. The standard InChI is InChI=1S/C16H13ClF3NO5S/c1-27(24,25)21(9-15(22)23)11-5-6-13(14(17)8-11)10-3-2-4-12(7-10)26-16(18,19)20/h2-8H,9H2,1H3,(H,22,23). The van der Waals surface area contributed by atoms with Crippen LogP contribution in [0.1, 0.15) is 0 Å². The van der Waals surface area contributed by atoms with E-state index in [-0.39, 0.29) is 10.7 Å². The molecule has 0 radical (unpaired) electrons. The van der Waals surface area contributed by atoms with Crippen molar-refractivity contribution in [3.05, 3.63) is 47.5 Å². The lowest BCUT2D eigenvalue weighted by atomic mass is 10.0. The number of hydrogen-bond acceptors (Lipinski definition) is 4. The molecule has 0 saturated carbocycles. The zero-order chi connectivity index (χ0) is 20.4. The summed E-state index contributed by atoms with van der Waals surface area (Å²) in [4.78, 5) is 10.9. The Morgan fingerprint density at radius 2 is 1.89 bits per heavy atom. The van der Waals surface area contributed by atoms with Crippen LogP contribution >= 0.6 is 11.6 Å². The van der Waals surface area contributed by atoms with Crippen LogP contribution in [-0.2, 0) is 14.8 Å². The van der Waals surface area contributed by atoms with E-state index in [9.17, 15) is 26.4 Å². The number of nitrogens with zero attached hydrogens (tertiary/aromatic N) is 1. The highest BCUT2D eigenvalue weighted by molar-refractivity contribution is 7.92. The average molecular weight is 424 g/mol. The zero-order valence-corrected chi connectivity index (χ0v) is 15.3. The van der Waals surface area contributed by atoms with E-state index in [4.69, 9.17) is 16.7 Å². The molecule has 6 nitrogen and oxygen atoms in total. The number of anilines is 1. The van der Waals surface area contributed by atoms with E-state index in [1.807, 2.05) is 0 Å². The Morgan fingerprint density at radius 3 is 2.41 bits per heavy atom. The smallest absolute Gasteiger partial charge is 0.480 e. The van der Waals surface area contributed by atoms with E-state index in [0.29, 0.717) is 15.4 Å². The molecule has 0 aliphatic carbocycles. The lowest BCUT2D eigenvalue weighted by Gasteiger charge is -2.21. The predicted octanol–water partition coefficient (Wildman–Crippen LogP) is 3.76. The third-order valence-electron chi connectivity index (χ3n) is 3.30. The number of rotatable bonds is 6. The maximum atomic E-state index is 12.4. The van der Waals surface area contributed by atoms with Crippen LogP contribution in [0.5, 0.6) is 5.75 Å². The topological polar surface area (TPSA) is 83.9 Å². The van der Waals surface area contributed by atoms with Gasteiger partial charge in [-0.1, -0.05) is 29.8 Å². The summed E-state index contributed by atoms with van der Waals surface area (Å²) in [5.41, 5.74) is 0.630. The van der Waals surface area contributed by atoms with Crippen molar-refractivity contribution in [2.45, 2.75) is 6.36 Å². The lowest BCUT2D eigenvalue weighted by Crippen LogP contribution is -2.34. The van der Waals surface area contributed by atoms with Crippen LogP contribution < -0.4 is 9.04 Å². The third-order valence-corrected chi connectivity index (χ3v) is 4.75. The highest BCUT2D eigenvalue weighted by Crippen LogP contribution is 2.34. The minimum atomic E-state index is -4.85. The van der Waals surface area contributed by atoms with E-state index in [2.05, 4.69) is 4.74 Å². The number of aliphatic carboxylic acids is 1. The van der Waals surface area contributed by atoms with Gasteiger partial charge >= 0.3 is 12.3 Å². The molecule has 2 aromatic rings. The number of carboxylic acid groups (broad SMARTS) is 1. The first-order valence-corrected chi connectivity index (χ1v) is 9.45. The fourth-order valence-electron chi connectivity index (χ4n) is 2.28. The van der Waals surface area contributed by atoms with Crippen LogP contribution in [0.3, 0.4) is 0 Å². The summed E-state index contributed by atoms with van der Waals surface area (Å²) >= 11 is 6.15. The Hall–Kier alpha value is -2.46. The van der Waals surface area contributed by atoms with Gasteiger partial charge in [-0.05, 0) is 29.8 Å². The van der Waals surface area contributed by atoms with Crippen molar-refractivity contribution >= 4 is 33.3 Å². The van der Waals surface area contributed by atoms with Gasteiger partial charge in [0.2, 0.25) is 10.0 Å². The van der Waals surface area contributed by atoms with Crippen LogP contribution in [0, 0.1) is 0 Å². The second-order valence-electron chi connectivity index (χ2n) is 5.40. The van der Waals surface area contributed by atoms with Gasteiger partial charge < -0.3 is 9.84 Å². The van der Waals surface area contributed by atoms with Crippen molar-refractivity contribution in [3.8, 4) is 16.9 Å². The van der Waals surface area contributed by atoms with Crippen molar-refractivity contribution in [1.82, 2.24) is 0 Å². The first kappa shape index (κ1) is 20.8. The monoisotopic (exact) mass is 423 g/mol. The summed E-state index contributed by atoms with van der Waals surface area (Å²) in [7, 11) is -3.89. The molecule has 0 spiro atoms. The molecule has 146 valence electrons. The van der Waals surface area contributed by atoms with Crippen LogP contribution in [0.2, 0.25) is 5.02 Å². The highest BCUT2D eigenvalue weighted by atomic mass is 35.5. The Balaban J connectivity index is 2.42. The summed E-state index contributed by atoms with van der Waals surface area (Å²) in [6.07, 6.45) is -4.01. The van der Waals surface area contributed by atoms with Gasteiger partial charge in [-0.25, -0.2) is 8.42 Å². The minimum Gasteiger partial charge on any atom is -0.480 e. The van der Waals surface area contributed by atoms with Crippen molar-refractivity contribution < 1.29 is 36.2 Å². The molecule has 0 amide bonds. The van der Waals surface area contributed by atoms with E-state index in [1.165, 1.54) is 30.3 Å². The zero-order valence-electron chi connectivity index (χ0n) is 13.7. The molecule has 11 heteroatoms. The fourth-order valence-corrected chi connectivity index (χ4v) is 3.40.